The van der Waals surface area contributed by atoms with Gasteiger partial charge in [0.15, 0.2) is 0 Å². The zero-order valence-electron chi connectivity index (χ0n) is 10.2. The fourth-order valence-corrected chi connectivity index (χ4v) is 2.70. The van der Waals surface area contributed by atoms with Gasteiger partial charge in [0.25, 0.3) is 0 Å². The van der Waals surface area contributed by atoms with E-state index in [2.05, 4.69) is 5.16 Å². The minimum absolute atomic E-state index is 0.550. The van der Waals surface area contributed by atoms with Gasteiger partial charge in [-0.1, -0.05) is 78.0 Å². The lowest BCUT2D eigenvalue weighted by atomic mass is 10.1. The van der Waals surface area contributed by atoms with Crippen molar-refractivity contribution in [2.24, 2.45) is 5.16 Å². The van der Waals surface area contributed by atoms with E-state index >= 15 is 0 Å². The van der Waals surface area contributed by atoms with Crippen molar-refractivity contribution in [3.8, 4) is 0 Å². The van der Waals surface area contributed by atoms with Gasteiger partial charge in [-0.3, -0.25) is 0 Å². The summed E-state index contributed by atoms with van der Waals surface area (Å²) in [7, 11) is 0. The van der Waals surface area contributed by atoms with E-state index < -0.39 is 0 Å². The van der Waals surface area contributed by atoms with E-state index in [0.717, 1.165) is 15.3 Å². The molecular weight excluding hydrogens is 274 g/mol. The number of benzene rings is 2. The van der Waals surface area contributed by atoms with E-state index in [4.69, 9.17) is 17.4 Å². The molecule has 19 heavy (non-hydrogen) atoms. The van der Waals surface area contributed by atoms with Gasteiger partial charge in [-0.25, -0.2) is 0 Å². The molecule has 0 spiro atoms. The molecule has 0 aliphatic heterocycles. The molecule has 0 bridgehead atoms. The highest BCUT2D eigenvalue weighted by Crippen LogP contribution is 2.16. The van der Waals surface area contributed by atoms with Gasteiger partial charge in [0, 0.05) is 11.3 Å². The van der Waals surface area contributed by atoms with Crippen LogP contribution in [0.25, 0.3) is 0 Å². The molecule has 0 aliphatic carbocycles. The van der Waals surface area contributed by atoms with Crippen molar-refractivity contribution in [1.82, 2.24) is 0 Å². The minimum Gasteiger partial charge on any atom is -0.411 e. The predicted molar refractivity (Wildman–Crippen MR) is 85.4 cm³/mol. The van der Waals surface area contributed by atoms with Crippen LogP contribution < -0.4 is 0 Å². The van der Waals surface area contributed by atoms with E-state index in [1.807, 2.05) is 60.7 Å². The average Bonchev–Trinajstić information content (AvgIpc) is 2.49. The topological polar surface area (TPSA) is 32.6 Å². The first-order valence-corrected chi connectivity index (χ1v) is 7.19. The number of rotatable bonds is 4. The minimum atomic E-state index is 0.550. The fourth-order valence-electron chi connectivity index (χ4n) is 1.59. The van der Waals surface area contributed by atoms with Crippen LogP contribution in [-0.4, -0.2) is 20.9 Å². The molecule has 2 aromatic carbocycles. The monoisotopic (exact) mass is 287 g/mol. The first-order chi connectivity index (χ1) is 9.31. The van der Waals surface area contributed by atoms with E-state index in [-0.39, 0.29) is 0 Å². The van der Waals surface area contributed by atoms with Gasteiger partial charge in [0.2, 0.25) is 0 Å². The van der Waals surface area contributed by atoms with E-state index in [1.165, 1.54) is 11.8 Å². The molecule has 0 saturated heterocycles. The third-order valence-corrected chi connectivity index (χ3v) is 4.08. The summed E-state index contributed by atoms with van der Waals surface area (Å²) in [6.45, 7) is 0. The largest absolute Gasteiger partial charge is 0.411 e. The third kappa shape index (κ3) is 3.91. The van der Waals surface area contributed by atoms with Gasteiger partial charge in [0.05, 0.1) is 9.91 Å². The molecule has 2 aromatic rings. The van der Waals surface area contributed by atoms with E-state index in [0.29, 0.717) is 11.5 Å². The molecule has 0 unspecified atom stereocenters. The summed E-state index contributed by atoms with van der Waals surface area (Å²) < 4.78 is 0.803. The summed E-state index contributed by atoms with van der Waals surface area (Å²) in [6.07, 6.45) is 0. The van der Waals surface area contributed by atoms with Gasteiger partial charge in [0.1, 0.15) is 0 Å². The molecule has 0 aliphatic rings. The summed E-state index contributed by atoms with van der Waals surface area (Å²) in [5.74, 6) is 0.550. The van der Waals surface area contributed by atoms with Crippen LogP contribution in [0.5, 0.6) is 0 Å². The summed E-state index contributed by atoms with van der Waals surface area (Å²) >= 11 is 6.86. The van der Waals surface area contributed by atoms with Gasteiger partial charge < -0.3 is 5.21 Å². The van der Waals surface area contributed by atoms with Crippen molar-refractivity contribution < 1.29 is 5.21 Å². The van der Waals surface area contributed by atoms with Gasteiger partial charge in [-0.15, -0.1) is 11.8 Å². The maximum Gasteiger partial charge on any atom is 0.0970 e. The molecule has 0 amide bonds. The van der Waals surface area contributed by atoms with Crippen molar-refractivity contribution in [3.63, 3.8) is 0 Å². The lowest BCUT2D eigenvalue weighted by molar-refractivity contribution is 0.319. The third-order valence-electron chi connectivity index (χ3n) is 2.58. The van der Waals surface area contributed by atoms with E-state index in [9.17, 15) is 0 Å². The maximum atomic E-state index is 9.09. The second-order valence-electron chi connectivity index (χ2n) is 3.85. The molecule has 0 heterocycles. The van der Waals surface area contributed by atoms with Crippen molar-refractivity contribution in [3.05, 3.63) is 71.8 Å². The molecule has 0 radical (unpaired) electrons. The number of oxime groups is 1. The van der Waals surface area contributed by atoms with Crippen molar-refractivity contribution in [2.75, 3.05) is 5.75 Å². The fraction of sp³-hybridized carbons (Fsp3) is 0.0667. The Labute approximate surface area is 122 Å². The highest BCUT2D eigenvalue weighted by Gasteiger charge is 2.07. The SMILES string of the molecule is O/N=C(\CSC(=S)c1ccccc1)c1ccccc1. The summed E-state index contributed by atoms with van der Waals surface area (Å²) in [4.78, 5) is 0. The lowest BCUT2D eigenvalue weighted by Gasteiger charge is -2.06. The Morgan fingerprint density at radius 1 is 0.947 bits per heavy atom. The average molecular weight is 287 g/mol. The van der Waals surface area contributed by atoms with Crippen LogP contribution in [0.1, 0.15) is 11.1 Å². The normalized spacial score (nSPS) is 11.3. The predicted octanol–water partition coefficient (Wildman–Crippen LogP) is 3.97. The Hall–Kier alpha value is -1.65. The van der Waals surface area contributed by atoms with Crippen LogP contribution in [0, 0.1) is 0 Å². The van der Waals surface area contributed by atoms with Crippen LogP contribution in [0.15, 0.2) is 65.8 Å². The quantitative estimate of drug-likeness (QED) is 0.400. The Kier molecular flexibility index (Phi) is 5.12. The second-order valence-corrected chi connectivity index (χ2v) is 5.51. The van der Waals surface area contributed by atoms with Crippen LogP contribution >= 0.6 is 24.0 Å². The number of thioether (sulfide) groups is 1. The van der Waals surface area contributed by atoms with Crippen LogP contribution in [-0.2, 0) is 0 Å². The molecule has 0 aromatic heterocycles. The van der Waals surface area contributed by atoms with E-state index in [1.54, 1.807) is 0 Å². The summed E-state index contributed by atoms with van der Waals surface area (Å²) in [6, 6.07) is 19.4. The molecule has 0 fully saturated rings. The highest BCUT2D eigenvalue weighted by atomic mass is 32.2. The molecule has 4 heteroatoms. The van der Waals surface area contributed by atoms with Gasteiger partial charge in [-0.05, 0) is 5.56 Å². The Morgan fingerprint density at radius 3 is 2.00 bits per heavy atom. The van der Waals surface area contributed by atoms with Gasteiger partial charge >= 0.3 is 0 Å². The van der Waals surface area contributed by atoms with Crippen LogP contribution in [0.3, 0.4) is 0 Å². The number of nitrogens with zero attached hydrogens (tertiary/aromatic N) is 1. The number of hydrogen-bond acceptors (Lipinski definition) is 4. The first kappa shape index (κ1) is 13.8. The molecule has 0 atom stereocenters. The molecule has 2 nitrogen and oxygen atoms in total. The molecule has 2 rings (SSSR count). The Morgan fingerprint density at radius 2 is 1.47 bits per heavy atom. The standard InChI is InChI=1S/C15H13NOS2/c17-16-14(12-7-3-1-4-8-12)11-19-15(18)13-9-5-2-6-10-13/h1-10,17H,11H2/b16-14+. The maximum absolute atomic E-state index is 9.09. The summed E-state index contributed by atoms with van der Waals surface area (Å²) in [5.41, 5.74) is 2.56. The van der Waals surface area contributed by atoms with Crippen molar-refractivity contribution >= 4 is 33.9 Å². The highest BCUT2D eigenvalue weighted by molar-refractivity contribution is 8.24. The smallest absolute Gasteiger partial charge is 0.0970 e. The molecular formula is C15H13NOS2. The van der Waals surface area contributed by atoms with Crippen LogP contribution in [0.4, 0.5) is 0 Å². The zero-order chi connectivity index (χ0) is 13.5. The number of hydrogen-bond donors (Lipinski definition) is 1. The molecule has 96 valence electrons. The molecule has 1 N–H and O–H groups in total. The van der Waals surface area contributed by atoms with Crippen molar-refractivity contribution in [1.29, 1.82) is 0 Å². The lowest BCUT2D eigenvalue weighted by Crippen LogP contribution is -2.06. The first-order valence-electron chi connectivity index (χ1n) is 5.80. The zero-order valence-corrected chi connectivity index (χ0v) is 11.8. The Bertz CT molecular complexity index is 567. The Balaban J connectivity index is 2.00. The molecule has 0 saturated carbocycles. The van der Waals surface area contributed by atoms with Crippen molar-refractivity contribution in [2.45, 2.75) is 0 Å². The second kappa shape index (κ2) is 7.07. The van der Waals surface area contributed by atoms with Crippen LogP contribution in [0.2, 0.25) is 0 Å². The summed E-state index contributed by atoms with van der Waals surface area (Å²) in [5, 5.41) is 12.5. The number of thiocarbonyl (C=S) groups is 1. The van der Waals surface area contributed by atoms with Gasteiger partial charge in [-0.2, -0.15) is 0 Å².